The molecule has 0 aromatic carbocycles. The van der Waals surface area contributed by atoms with E-state index in [2.05, 4.69) is 19.2 Å². The molecule has 0 bridgehead atoms. The number of hydrogen-bond acceptors (Lipinski definition) is 2. The highest BCUT2D eigenvalue weighted by molar-refractivity contribution is 7.09. The Balaban J connectivity index is 2.05. The second-order valence-electron chi connectivity index (χ2n) is 4.75. The Hall–Kier alpha value is -0.370. The first-order chi connectivity index (χ1) is 7.31. The summed E-state index contributed by atoms with van der Waals surface area (Å²) in [5.74, 6) is 1.42. The fourth-order valence-corrected chi connectivity index (χ4v) is 3.39. The van der Waals surface area contributed by atoms with Gasteiger partial charge in [0.05, 0.1) is 10.7 Å². The molecule has 1 aromatic heterocycles. The molecule has 0 amide bonds. The fraction of sp³-hybridized carbons (Fsp3) is 0.769. The number of thiazole rings is 1. The second kappa shape index (κ2) is 5.11. The van der Waals surface area contributed by atoms with E-state index in [0.717, 1.165) is 5.92 Å². The number of rotatable bonds is 3. The molecule has 1 aliphatic rings. The third-order valence-electron chi connectivity index (χ3n) is 3.61. The lowest BCUT2D eigenvalue weighted by Crippen LogP contribution is -2.04. The molecule has 1 aromatic rings. The molecule has 84 valence electrons. The summed E-state index contributed by atoms with van der Waals surface area (Å²) in [5.41, 5.74) is 1.32. The van der Waals surface area contributed by atoms with Gasteiger partial charge in [0.2, 0.25) is 0 Å². The van der Waals surface area contributed by atoms with Crippen LogP contribution < -0.4 is 0 Å². The van der Waals surface area contributed by atoms with Crippen LogP contribution in [0.4, 0.5) is 0 Å². The Morgan fingerprint density at radius 1 is 1.40 bits per heavy atom. The van der Waals surface area contributed by atoms with Crippen molar-refractivity contribution in [2.45, 2.75) is 64.2 Å². The largest absolute Gasteiger partial charge is 0.246 e. The van der Waals surface area contributed by atoms with Gasteiger partial charge in [-0.1, -0.05) is 33.1 Å². The van der Waals surface area contributed by atoms with Gasteiger partial charge in [-0.15, -0.1) is 11.3 Å². The molecular weight excluding hydrogens is 202 g/mol. The van der Waals surface area contributed by atoms with E-state index in [9.17, 15) is 0 Å². The maximum Gasteiger partial charge on any atom is 0.0959 e. The summed E-state index contributed by atoms with van der Waals surface area (Å²) < 4.78 is 0. The van der Waals surface area contributed by atoms with Gasteiger partial charge in [-0.25, -0.2) is 4.98 Å². The van der Waals surface area contributed by atoms with Crippen molar-refractivity contribution in [3.63, 3.8) is 0 Å². The lowest BCUT2D eigenvalue weighted by atomic mass is 9.90. The van der Waals surface area contributed by atoms with E-state index in [1.165, 1.54) is 49.2 Å². The van der Waals surface area contributed by atoms with Crippen LogP contribution in [0.15, 0.2) is 5.38 Å². The third-order valence-corrected chi connectivity index (χ3v) is 4.64. The normalized spacial score (nSPS) is 20.4. The van der Waals surface area contributed by atoms with Crippen molar-refractivity contribution in [1.29, 1.82) is 0 Å². The van der Waals surface area contributed by atoms with Crippen LogP contribution in [0, 0.1) is 0 Å². The van der Waals surface area contributed by atoms with Crippen molar-refractivity contribution in [1.82, 2.24) is 4.98 Å². The van der Waals surface area contributed by atoms with Crippen LogP contribution in [0.1, 0.15) is 74.9 Å². The van der Waals surface area contributed by atoms with Crippen LogP contribution >= 0.6 is 11.3 Å². The van der Waals surface area contributed by atoms with E-state index in [0.29, 0.717) is 5.92 Å². The second-order valence-corrected chi connectivity index (χ2v) is 5.64. The van der Waals surface area contributed by atoms with Gasteiger partial charge < -0.3 is 0 Å². The zero-order valence-corrected chi connectivity index (χ0v) is 10.6. The van der Waals surface area contributed by atoms with Crippen molar-refractivity contribution in [2.24, 2.45) is 0 Å². The first-order valence-corrected chi connectivity index (χ1v) is 7.14. The zero-order chi connectivity index (χ0) is 10.7. The van der Waals surface area contributed by atoms with E-state index in [-0.39, 0.29) is 0 Å². The number of hydrogen-bond donors (Lipinski definition) is 0. The summed E-state index contributed by atoms with van der Waals surface area (Å²) in [7, 11) is 0. The van der Waals surface area contributed by atoms with Crippen LogP contribution in [-0.4, -0.2) is 4.98 Å². The van der Waals surface area contributed by atoms with Gasteiger partial charge in [0.15, 0.2) is 0 Å². The highest BCUT2D eigenvalue weighted by Gasteiger charge is 2.19. The molecule has 1 heterocycles. The molecule has 2 rings (SSSR count). The van der Waals surface area contributed by atoms with Gasteiger partial charge >= 0.3 is 0 Å². The summed E-state index contributed by atoms with van der Waals surface area (Å²) in [5, 5.41) is 3.68. The van der Waals surface area contributed by atoms with E-state index < -0.39 is 0 Å². The molecule has 1 fully saturated rings. The van der Waals surface area contributed by atoms with E-state index >= 15 is 0 Å². The van der Waals surface area contributed by atoms with Crippen molar-refractivity contribution >= 4 is 11.3 Å². The molecule has 1 unspecified atom stereocenters. The van der Waals surface area contributed by atoms with Gasteiger partial charge in [-0.05, 0) is 25.2 Å². The quantitative estimate of drug-likeness (QED) is 0.723. The summed E-state index contributed by atoms with van der Waals surface area (Å²) in [6, 6.07) is 0. The molecule has 0 saturated heterocycles. The lowest BCUT2D eigenvalue weighted by molar-refractivity contribution is 0.441. The maximum atomic E-state index is 4.82. The molecule has 1 aliphatic carbocycles. The van der Waals surface area contributed by atoms with Gasteiger partial charge in [-0.3, -0.25) is 0 Å². The lowest BCUT2D eigenvalue weighted by Gasteiger charge is -2.19. The first kappa shape index (κ1) is 11.1. The number of aromatic nitrogens is 1. The number of nitrogens with zero attached hydrogens (tertiary/aromatic N) is 1. The monoisotopic (exact) mass is 223 g/mol. The van der Waals surface area contributed by atoms with Crippen LogP contribution in [0.2, 0.25) is 0 Å². The molecule has 0 spiro atoms. The molecular formula is C13H21NS. The molecule has 1 saturated carbocycles. The fourth-order valence-electron chi connectivity index (χ4n) is 2.27. The molecule has 15 heavy (non-hydrogen) atoms. The predicted molar refractivity (Wildman–Crippen MR) is 66.6 cm³/mol. The van der Waals surface area contributed by atoms with Crippen LogP contribution in [0.25, 0.3) is 0 Å². The zero-order valence-electron chi connectivity index (χ0n) is 9.83. The SMILES string of the molecule is CCC(C)c1csc(C2CCCCC2)n1. The minimum absolute atomic E-state index is 0.638. The molecule has 1 atom stereocenters. The van der Waals surface area contributed by atoms with Crippen molar-refractivity contribution in [2.75, 3.05) is 0 Å². The smallest absolute Gasteiger partial charge is 0.0959 e. The Bertz CT molecular complexity index is 299. The van der Waals surface area contributed by atoms with Crippen molar-refractivity contribution < 1.29 is 0 Å². The minimum atomic E-state index is 0.638. The van der Waals surface area contributed by atoms with Gasteiger partial charge in [-0.2, -0.15) is 0 Å². The highest BCUT2D eigenvalue weighted by atomic mass is 32.1. The topological polar surface area (TPSA) is 12.9 Å². The summed E-state index contributed by atoms with van der Waals surface area (Å²) in [4.78, 5) is 4.82. The Kier molecular flexibility index (Phi) is 3.79. The Morgan fingerprint density at radius 2 is 2.13 bits per heavy atom. The van der Waals surface area contributed by atoms with E-state index in [1.807, 2.05) is 11.3 Å². The molecule has 1 nitrogen and oxygen atoms in total. The van der Waals surface area contributed by atoms with Crippen LogP contribution in [0.3, 0.4) is 0 Å². The summed E-state index contributed by atoms with van der Waals surface area (Å²) in [6.07, 6.45) is 8.18. The third kappa shape index (κ3) is 2.60. The van der Waals surface area contributed by atoms with E-state index in [1.54, 1.807) is 0 Å². The first-order valence-electron chi connectivity index (χ1n) is 6.26. The van der Waals surface area contributed by atoms with Gasteiger partial charge in [0.25, 0.3) is 0 Å². The molecule has 2 heteroatoms. The average Bonchev–Trinajstić information content (AvgIpc) is 2.78. The Morgan fingerprint density at radius 3 is 2.80 bits per heavy atom. The van der Waals surface area contributed by atoms with Gasteiger partial charge in [0.1, 0.15) is 0 Å². The minimum Gasteiger partial charge on any atom is -0.246 e. The van der Waals surface area contributed by atoms with E-state index in [4.69, 9.17) is 4.98 Å². The molecule has 0 radical (unpaired) electrons. The standard InChI is InChI=1S/C13H21NS/c1-3-10(2)12-9-15-13(14-12)11-7-5-4-6-8-11/h9-11H,3-8H2,1-2H3. The summed E-state index contributed by atoms with van der Waals surface area (Å²) >= 11 is 1.89. The summed E-state index contributed by atoms with van der Waals surface area (Å²) in [6.45, 7) is 4.52. The van der Waals surface area contributed by atoms with Gasteiger partial charge in [0, 0.05) is 11.3 Å². The maximum absolute atomic E-state index is 4.82. The predicted octanol–water partition coefficient (Wildman–Crippen LogP) is 4.70. The van der Waals surface area contributed by atoms with Crippen molar-refractivity contribution in [3.05, 3.63) is 16.1 Å². The highest BCUT2D eigenvalue weighted by Crippen LogP contribution is 2.35. The molecule has 0 N–H and O–H groups in total. The van der Waals surface area contributed by atoms with Crippen LogP contribution in [0.5, 0.6) is 0 Å². The van der Waals surface area contributed by atoms with Crippen molar-refractivity contribution in [3.8, 4) is 0 Å². The van der Waals surface area contributed by atoms with Crippen LogP contribution in [-0.2, 0) is 0 Å². The average molecular weight is 223 g/mol. The molecule has 0 aliphatic heterocycles. The Labute approximate surface area is 96.9 Å².